The van der Waals surface area contributed by atoms with E-state index in [1.807, 2.05) is 24.3 Å². The number of guanidine groups is 1. The number of nitrogens with one attached hydrogen (secondary N) is 3. The number of aliphatic imine (C=N–C) groups is 1. The number of methoxy groups -OCH3 is 1. The maximum Gasteiger partial charge on any atom is 0.244 e. The van der Waals surface area contributed by atoms with Crippen molar-refractivity contribution < 1.29 is 24.3 Å². The molecular formula is C21H34N6O5. The molecule has 0 unspecified atom stereocenters. The average molecular weight is 451 g/mol. The first-order valence-corrected chi connectivity index (χ1v) is 10.4. The number of nitrogens with two attached hydrogens (primary N) is 2. The van der Waals surface area contributed by atoms with Crippen LogP contribution in [0.4, 0.5) is 0 Å². The minimum Gasteiger partial charge on any atom is -0.497 e. The SMILES string of the molecule is CNC(=O)[C@@H](CCCN=C(N)N)NC(=O)[C@@H](CCCc1ccc(OC)cc1)CC(=O)NO. The molecule has 0 saturated heterocycles. The van der Waals surface area contributed by atoms with Crippen LogP contribution in [-0.4, -0.2) is 55.6 Å². The zero-order chi connectivity index (χ0) is 23.9. The Balaban J connectivity index is 2.73. The molecule has 0 saturated carbocycles. The van der Waals surface area contributed by atoms with Crippen LogP contribution in [0.3, 0.4) is 0 Å². The normalized spacial score (nSPS) is 12.2. The Kier molecular flexibility index (Phi) is 12.2. The van der Waals surface area contributed by atoms with Crippen molar-refractivity contribution in [2.24, 2.45) is 22.4 Å². The molecule has 0 aromatic heterocycles. The lowest BCUT2D eigenvalue weighted by molar-refractivity contribution is -0.136. The summed E-state index contributed by atoms with van der Waals surface area (Å²) in [5, 5.41) is 14.1. The van der Waals surface area contributed by atoms with E-state index in [0.29, 0.717) is 38.6 Å². The topological polar surface area (TPSA) is 181 Å². The van der Waals surface area contributed by atoms with Crippen molar-refractivity contribution in [3.05, 3.63) is 29.8 Å². The molecule has 0 bridgehead atoms. The number of amides is 3. The van der Waals surface area contributed by atoms with Crippen molar-refractivity contribution >= 4 is 23.7 Å². The molecule has 11 heteroatoms. The lowest BCUT2D eigenvalue weighted by Crippen LogP contribution is -2.48. The second-order valence-electron chi connectivity index (χ2n) is 7.30. The third kappa shape index (κ3) is 10.1. The second-order valence-corrected chi connectivity index (χ2v) is 7.30. The number of hydroxylamine groups is 1. The fourth-order valence-electron chi connectivity index (χ4n) is 3.18. The van der Waals surface area contributed by atoms with Crippen LogP contribution >= 0.6 is 0 Å². The molecule has 0 aliphatic heterocycles. The molecule has 1 aromatic carbocycles. The second kappa shape index (κ2) is 14.6. The van der Waals surface area contributed by atoms with E-state index >= 15 is 0 Å². The predicted octanol–water partition coefficient (Wildman–Crippen LogP) is -0.186. The van der Waals surface area contributed by atoms with Crippen molar-refractivity contribution in [2.45, 2.75) is 44.6 Å². The van der Waals surface area contributed by atoms with Crippen LogP contribution < -0.4 is 32.3 Å². The first-order valence-electron chi connectivity index (χ1n) is 10.4. The Morgan fingerprint density at radius 2 is 1.78 bits per heavy atom. The number of rotatable bonds is 14. The summed E-state index contributed by atoms with van der Waals surface area (Å²) in [6.45, 7) is 0.323. The Morgan fingerprint density at radius 3 is 2.34 bits per heavy atom. The summed E-state index contributed by atoms with van der Waals surface area (Å²) >= 11 is 0. The highest BCUT2D eigenvalue weighted by Gasteiger charge is 2.26. The number of hydrogen-bond donors (Lipinski definition) is 6. The summed E-state index contributed by atoms with van der Waals surface area (Å²) in [7, 11) is 3.07. The van der Waals surface area contributed by atoms with Crippen LogP contribution in [0.5, 0.6) is 5.75 Å². The highest BCUT2D eigenvalue weighted by molar-refractivity contribution is 5.90. The molecular weight excluding hydrogens is 416 g/mol. The lowest BCUT2D eigenvalue weighted by Gasteiger charge is -2.21. The quantitative estimate of drug-likeness (QED) is 0.0746. The van der Waals surface area contributed by atoms with E-state index in [1.165, 1.54) is 7.05 Å². The van der Waals surface area contributed by atoms with Gasteiger partial charge in [-0.3, -0.25) is 24.6 Å². The molecule has 0 fully saturated rings. The van der Waals surface area contributed by atoms with Crippen LogP contribution in [0, 0.1) is 5.92 Å². The van der Waals surface area contributed by atoms with E-state index in [2.05, 4.69) is 15.6 Å². The van der Waals surface area contributed by atoms with Gasteiger partial charge in [-0.1, -0.05) is 12.1 Å². The van der Waals surface area contributed by atoms with Gasteiger partial charge in [-0.15, -0.1) is 0 Å². The zero-order valence-electron chi connectivity index (χ0n) is 18.6. The fourth-order valence-corrected chi connectivity index (χ4v) is 3.18. The Hall–Kier alpha value is -3.34. The van der Waals surface area contributed by atoms with Gasteiger partial charge in [0.15, 0.2) is 5.96 Å². The van der Waals surface area contributed by atoms with E-state index in [4.69, 9.17) is 21.4 Å². The largest absolute Gasteiger partial charge is 0.497 e. The fraction of sp³-hybridized carbons (Fsp3) is 0.524. The molecule has 3 amide bonds. The van der Waals surface area contributed by atoms with Crippen molar-refractivity contribution in [3.8, 4) is 5.75 Å². The van der Waals surface area contributed by atoms with Crippen molar-refractivity contribution in [2.75, 3.05) is 20.7 Å². The predicted molar refractivity (Wildman–Crippen MR) is 120 cm³/mol. The molecule has 178 valence electrons. The minimum atomic E-state index is -0.789. The van der Waals surface area contributed by atoms with Gasteiger partial charge in [0.05, 0.1) is 7.11 Å². The van der Waals surface area contributed by atoms with Gasteiger partial charge in [-0.2, -0.15) is 0 Å². The van der Waals surface area contributed by atoms with Crippen LogP contribution in [0.15, 0.2) is 29.3 Å². The van der Waals surface area contributed by atoms with Crippen LogP contribution in [0.25, 0.3) is 0 Å². The van der Waals surface area contributed by atoms with Gasteiger partial charge < -0.3 is 26.8 Å². The third-order valence-corrected chi connectivity index (χ3v) is 4.93. The smallest absolute Gasteiger partial charge is 0.244 e. The number of carbonyl (C=O) groups excluding carboxylic acids is 3. The monoisotopic (exact) mass is 450 g/mol. The van der Waals surface area contributed by atoms with Gasteiger partial charge in [-0.25, -0.2) is 5.48 Å². The standard InChI is InChI=1S/C21H34N6O5/c1-24-20(30)17(7-4-12-25-21(22)23)26-19(29)15(13-18(28)27-31)6-3-5-14-8-10-16(32-2)11-9-14/h8-11,15,17,31H,3-7,12-13H2,1-2H3,(H,24,30)(H,26,29)(H,27,28)(H4,22,23,25)/t15-,17+/m0/s1. The summed E-state index contributed by atoms with van der Waals surface area (Å²) in [5.74, 6) is -1.45. The lowest BCUT2D eigenvalue weighted by atomic mass is 9.94. The van der Waals surface area contributed by atoms with Gasteiger partial charge in [0.25, 0.3) is 0 Å². The Labute approximate surface area is 187 Å². The van der Waals surface area contributed by atoms with Gasteiger partial charge in [-0.05, 0) is 49.8 Å². The van der Waals surface area contributed by atoms with Crippen LogP contribution in [0.1, 0.15) is 37.7 Å². The number of aryl methyl sites for hydroxylation is 1. The molecule has 1 rings (SSSR count). The van der Waals surface area contributed by atoms with Gasteiger partial charge >= 0.3 is 0 Å². The molecule has 0 heterocycles. The van der Waals surface area contributed by atoms with Gasteiger partial charge in [0.2, 0.25) is 17.7 Å². The highest BCUT2D eigenvalue weighted by Crippen LogP contribution is 2.17. The number of nitrogens with zero attached hydrogens (tertiary/aromatic N) is 1. The summed E-state index contributed by atoms with van der Waals surface area (Å²) in [4.78, 5) is 40.6. The number of benzene rings is 1. The number of likely N-dealkylation sites (N-methyl/N-ethyl adjacent to an activating group) is 1. The minimum absolute atomic E-state index is 0.0440. The van der Waals surface area contributed by atoms with E-state index < -0.39 is 23.8 Å². The molecule has 2 atom stereocenters. The molecule has 1 aromatic rings. The Morgan fingerprint density at radius 1 is 1.09 bits per heavy atom. The molecule has 0 radical (unpaired) electrons. The third-order valence-electron chi connectivity index (χ3n) is 4.93. The zero-order valence-corrected chi connectivity index (χ0v) is 18.6. The summed E-state index contributed by atoms with van der Waals surface area (Å²) < 4.78 is 5.14. The maximum atomic E-state index is 12.9. The van der Waals surface area contributed by atoms with Crippen molar-refractivity contribution in [1.82, 2.24) is 16.1 Å². The first-order chi connectivity index (χ1) is 15.3. The molecule has 0 aliphatic rings. The molecule has 32 heavy (non-hydrogen) atoms. The first kappa shape index (κ1) is 26.7. The van der Waals surface area contributed by atoms with E-state index in [1.54, 1.807) is 12.6 Å². The van der Waals surface area contributed by atoms with E-state index in [-0.39, 0.29) is 18.3 Å². The average Bonchev–Trinajstić information content (AvgIpc) is 2.79. The van der Waals surface area contributed by atoms with E-state index in [0.717, 1.165) is 11.3 Å². The molecule has 0 spiro atoms. The van der Waals surface area contributed by atoms with Crippen molar-refractivity contribution in [1.29, 1.82) is 0 Å². The Bertz CT molecular complexity index is 764. The summed E-state index contributed by atoms with van der Waals surface area (Å²) in [6, 6.07) is 6.80. The van der Waals surface area contributed by atoms with Gasteiger partial charge in [0, 0.05) is 25.9 Å². The molecule has 11 nitrogen and oxygen atoms in total. The molecule has 0 aliphatic carbocycles. The maximum absolute atomic E-state index is 12.9. The van der Waals surface area contributed by atoms with E-state index in [9.17, 15) is 14.4 Å². The summed E-state index contributed by atoms with van der Waals surface area (Å²) in [6.07, 6.45) is 2.35. The van der Waals surface area contributed by atoms with Gasteiger partial charge in [0.1, 0.15) is 11.8 Å². The number of ether oxygens (including phenoxy) is 1. The number of hydrogen-bond acceptors (Lipinski definition) is 6. The summed E-state index contributed by atoms with van der Waals surface area (Å²) in [5.41, 5.74) is 13.2. The highest BCUT2D eigenvalue weighted by atomic mass is 16.5. The van der Waals surface area contributed by atoms with Crippen LogP contribution in [0.2, 0.25) is 0 Å². The van der Waals surface area contributed by atoms with Crippen LogP contribution in [-0.2, 0) is 20.8 Å². The molecule has 8 N–H and O–H groups in total. The number of carbonyl (C=O) groups is 3. The van der Waals surface area contributed by atoms with Crippen molar-refractivity contribution in [3.63, 3.8) is 0 Å².